The molecule has 13 heavy (non-hydrogen) atoms. The van der Waals surface area contributed by atoms with Crippen LogP contribution < -0.4 is 5.32 Å². The molecule has 0 radical (unpaired) electrons. The third-order valence-corrected chi connectivity index (χ3v) is 2.47. The lowest BCUT2D eigenvalue weighted by atomic mass is 10.1. The third kappa shape index (κ3) is 1.62. The van der Waals surface area contributed by atoms with E-state index < -0.39 is 0 Å². The lowest BCUT2D eigenvalue weighted by Gasteiger charge is -2.24. The third-order valence-electron chi connectivity index (χ3n) is 2.47. The van der Waals surface area contributed by atoms with Gasteiger partial charge in [-0.2, -0.15) is 0 Å². The van der Waals surface area contributed by atoms with E-state index in [0.717, 1.165) is 25.8 Å². The smallest absolute Gasteiger partial charge is 0.185 e. The number of nitrogens with zero attached hydrogens (tertiary/aromatic N) is 2. The van der Waals surface area contributed by atoms with Gasteiger partial charge in [0.1, 0.15) is 0 Å². The maximum Gasteiger partial charge on any atom is 0.185 e. The van der Waals surface area contributed by atoms with Crippen LogP contribution in [0, 0.1) is 0 Å². The number of imidazole rings is 1. The molecule has 4 nitrogen and oxygen atoms in total. The van der Waals surface area contributed by atoms with E-state index in [2.05, 4.69) is 10.3 Å². The molecule has 4 heteroatoms. The van der Waals surface area contributed by atoms with Crippen LogP contribution in [0.3, 0.4) is 0 Å². The molecule has 1 fully saturated rings. The number of nitrogens with one attached hydrogen (secondary N) is 1. The maximum absolute atomic E-state index is 10.6. The van der Waals surface area contributed by atoms with E-state index in [1.807, 2.05) is 10.8 Å². The van der Waals surface area contributed by atoms with Crippen LogP contribution in [0.1, 0.15) is 29.5 Å². The van der Waals surface area contributed by atoms with Crippen molar-refractivity contribution in [3.63, 3.8) is 0 Å². The zero-order valence-corrected chi connectivity index (χ0v) is 7.44. The second-order valence-corrected chi connectivity index (χ2v) is 3.31. The van der Waals surface area contributed by atoms with Crippen LogP contribution in [0.25, 0.3) is 0 Å². The Morgan fingerprint density at radius 3 is 3.31 bits per heavy atom. The minimum atomic E-state index is 0.399. The molecule has 1 aromatic heterocycles. The Morgan fingerprint density at radius 2 is 2.62 bits per heavy atom. The molecule has 1 N–H and O–H groups in total. The van der Waals surface area contributed by atoms with Crippen LogP contribution in [0.4, 0.5) is 0 Å². The average Bonchev–Trinajstić information content (AvgIpc) is 2.67. The Morgan fingerprint density at radius 1 is 1.69 bits per heavy atom. The summed E-state index contributed by atoms with van der Waals surface area (Å²) in [5.41, 5.74) is 0. The first kappa shape index (κ1) is 8.44. The lowest BCUT2D eigenvalue weighted by molar-refractivity contribution is 0.110. The SMILES string of the molecule is O=Cc1nccn1C1CCCNC1. The van der Waals surface area contributed by atoms with Crippen molar-refractivity contribution < 1.29 is 4.79 Å². The Hall–Kier alpha value is -1.16. The van der Waals surface area contributed by atoms with Crippen LogP contribution in [-0.4, -0.2) is 28.9 Å². The Bertz CT molecular complexity index is 289. The van der Waals surface area contributed by atoms with Gasteiger partial charge in [-0.15, -0.1) is 0 Å². The summed E-state index contributed by atoms with van der Waals surface area (Å²) < 4.78 is 1.96. The number of hydrogen-bond acceptors (Lipinski definition) is 3. The van der Waals surface area contributed by atoms with Gasteiger partial charge in [0.2, 0.25) is 0 Å². The van der Waals surface area contributed by atoms with Crippen molar-refractivity contribution in [2.45, 2.75) is 18.9 Å². The van der Waals surface area contributed by atoms with E-state index in [9.17, 15) is 4.79 Å². The molecular weight excluding hydrogens is 166 g/mol. The van der Waals surface area contributed by atoms with Gasteiger partial charge in [0.25, 0.3) is 0 Å². The van der Waals surface area contributed by atoms with E-state index in [-0.39, 0.29) is 0 Å². The van der Waals surface area contributed by atoms with E-state index in [1.165, 1.54) is 6.42 Å². The van der Waals surface area contributed by atoms with E-state index in [1.54, 1.807) is 6.20 Å². The normalized spacial score (nSPS) is 22.9. The zero-order chi connectivity index (χ0) is 9.10. The summed E-state index contributed by atoms with van der Waals surface area (Å²) in [6.07, 6.45) is 6.67. The average molecular weight is 179 g/mol. The monoisotopic (exact) mass is 179 g/mol. The van der Waals surface area contributed by atoms with Crippen LogP contribution in [0.5, 0.6) is 0 Å². The summed E-state index contributed by atoms with van der Waals surface area (Å²) in [4.78, 5) is 14.6. The molecule has 0 amide bonds. The van der Waals surface area contributed by atoms with Gasteiger partial charge in [-0.1, -0.05) is 0 Å². The van der Waals surface area contributed by atoms with Gasteiger partial charge in [-0.3, -0.25) is 4.79 Å². The number of aromatic nitrogens is 2. The molecule has 1 saturated heterocycles. The second kappa shape index (κ2) is 3.70. The Kier molecular flexibility index (Phi) is 2.40. The van der Waals surface area contributed by atoms with Crippen LogP contribution in [0.15, 0.2) is 12.4 Å². The minimum Gasteiger partial charge on any atom is -0.324 e. The fourth-order valence-corrected chi connectivity index (χ4v) is 1.80. The van der Waals surface area contributed by atoms with Gasteiger partial charge >= 0.3 is 0 Å². The van der Waals surface area contributed by atoms with Crippen molar-refractivity contribution in [2.24, 2.45) is 0 Å². The first-order chi connectivity index (χ1) is 6.42. The molecule has 1 aliphatic heterocycles. The Labute approximate surface area is 77.0 Å². The van der Waals surface area contributed by atoms with Crippen molar-refractivity contribution in [3.8, 4) is 0 Å². The fraction of sp³-hybridized carbons (Fsp3) is 0.556. The summed E-state index contributed by atoms with van der Waals surface area (Å²) in [6.45, 7) is 2.03. The molecular formula is C9H13N3O. The van der Waals surface area contributed by atoms with Gasteiger partial charge in [0, 0.05) is 25.0 Å². The maximum atomic E-state index is 10.6. The number of carbonyl (C=O) groups is 1. The van der Waals surface area contributed by atoms with E-state index >= 15 is 0 Å². The largest absolute Gasteiger partial charge is 0.324 e. The first-order valence-electron chi connectivity index (χ1n) is 4.60. The molecule has 0 spiro atoms. The fourth-order valence-electron chi connectivity index (χ4n) is 1.80. The topological polar surface area (TPSA) is 46.9 Å². The predicted octanol–water partition coefficient (Wildman–Crippen LogP) is 0.620. The van der Waals surface area contributed by atoms with Gasteiger partial charge in [0.05, 0.1) is 0 Å². The van der Waals surface area contributed by atoms with Crippen molar-refractivity contribution in [3.05, 3.63) is 18.2 Å². The molecule has 70 valence electrons. The number of aldehydes is 1. The molecule has 1 aromatic rings. The molecule has 1 unspecified atom stereocenters. The van der Waals surface area contributed by atoms with Gasteiger partial charge < -0.3 is 9.88 Å². The highest BCUT2D eigenvalue weighted by molar-refractivity contribution is 5.69. The quantitative estimate of drug-likeness (QED) is 0.677. The molecule has 1 aliphatic rings. The molecule has 0 aromatic carbocycles. The molecule has 0 bridgehead atoms. The van der Waals surface area contributed by atoms with Gasteiger partial charge in [-0.25, -0.2) is 4.98 Å². The first-order valence-corrected chi connectivity index (χ1v) is 4.60. The summed E-state index contributed by atoms with van der Waals surface area (Å²) in [6, 6.07) is 0.399. The predicted molar refractivity (Wildman–Crippen MR) is 48.8 cm³/mol. The van der Waals surface area contributed by atoms with Crippen LogP contribution in [-0.2, 0) is 0 Å². The number of piperidine rings is 1. The number of rotatable bonds is 2. The highest BCUT2D eigenvalue weighted by Crippen LogP contribution is 2.17. The number of hydrogen-bond donors (Lipinski definition) is 1. The lowest BCUT2D eigenvalue weighted by Crippen LogP contribution is -2.32. The van der Waals surface area contributed by atoms with Crippen LogP contribution in [0.2, 0.25) is 0 Å². The van der Waals surface area contributed by atoms with Crippen LogP contribution >= 0.6 is 0 Å². The molecule has 2 heterocycles. The van der Waals surface area contributed by atoms with E-state index in [0.29, 0.717) is 11.9 Å². The number of carbonyl (C=O) groups excluding carboxylic acids is 1. The summed E-state index contributed by atoms with van der Waals surface area (Å²) in [5, 5.41) is 3.31. The Balaban J connectivity index is 2.17. The van der Waals surface area contributed by atoms with Crippen molar-refractivity contribution in [1.29, 1.82) is 0 Å². The molecule has 0 saturated carbocycles. The minimum absolute atomic E-state index is 0.399. The highest BCUT2D eigenvalue weighted by Gasteiger charge is 2.16. The van der Waals surface area contributed by atoms with Gasteiger partial charge in [-0.05, 0) is 19.4 Å². The summed E-state index contributed by atoms with van der Waals surface area (Å²) in [5.74, 6) is 0.536. The van der Waals surface area contributed by atoms with E-state index in [4.69, 9.17) is 0 Å². The van der Waals surface area contributed by atoms with Crippen molar-refractivity contribution >= 4 is 6.29 Å². The zero-order valence-electron chi connectivity index (χ0n) is 7.44. The molecule has 1 atom stereocenters. The standard InChI is InChI=1S/C9H13N3O/c13-7-9-11-4-5-12(9)8-2-1-3-10-6-8/h4-5,7-8,10H,1-3,6H2. The summed E-state index contributed by atoms with van der Waals surface area (Å²) >= 11 is 0. The van der Waals surface area contributed by atoms with Gasteiger partial charge in [0.15, 0.2) is 12.1 Å². The van der Waals surface area contributed by atoms with Crippen molar-refractivity contribution in [2.75, 3.05) is 13.1 Å². The second-order valence-electron chi connectivity index (χ2n) is 3.31. The summed E-state index contributed by atoms with van der Waals surface area (Å²) in [7, 11) is 0. The molecule has 2 rings (SSSR count). The molecule has 0 aliphatic carbocycles. The highest BCUT2D eigenvalue weighted by atomic mass is 16.1. The van der Waals surface area contributed by atoms with Crippen molar-refractivity contribution in [1.82, 2.24) is 14.9 Å².